The van der Waals surface area contributed by atoms with Crippen LogP contribution in [0.25, 0.3) is 0 Å². The predicted octanol–water partition coefficient (Wildman–Crippen LogP) is 15.4. The Bertz CT molecular complexity index is 493. The Balaban J connectivity index is 4.26. The van der Waals surface area contributed by atoms with Crippen LogP contribution in [0.2, 0.25) is 0 Å². The van der Waals surface area contributed by atoms with Crippen molar-refractivity contribution >= 4 is 0 Å². The van der Waals surface area contributed by atoms with E-state index >= 15 is 0 Å². The summed E-state index contributed by atoms with van der Waals surface area (Å²) in [6.45, 7) is 18.5. The van der Waals surface area contributed by atoms with E-state index in [0.29, 0.717) is 11.1 Å². The lowest BCUT2D eigenvalue weighted by molar-refractivity contribution is 0.00153. The fourth-order valence-electron chi connectivity index (χ4n) is 7.54. The van der Waals surface area contributed by atoms with E-state index in [1.807, 2.05) is 0 Å². The molecule has 0 atom stereocenters. The van der Waals surface area contributed by atoms with E-state index in [1.54, 1.807) is 0 Å². The monoisotopic (exact) mass is 606 g/mol. The van der Waals surface area contributed by atoms with Crippen LogP contribution in [0.1, 0.15) is 254 Å². The van der Waals surface area contributed by atoms with E-state index in [0.717, 1.165) is 0 Å². The molecule has 0 saturated carbocycles. The quantitative estimate of drug-likeness (QED) is 0.0649. The molecule has 0 N–H and O–H groups in total. The molecular weight excluding hydrogens is 518 g/mol. The molecule has 1 nitrogen and oxygen atoms in total. The third kappa shape index (κ3) is 26.8. The number of hydrogen-bond donors (Lipinski definition) is 0. The van der Waals surface area contributed by atoms with Crippen LogP contribution in [0, 0.1) is 0 Å². The van der Waals surface area contributed by atoms with Crippen LogP contribution in [0.15, 0.2) is 0 Å². The molecule has 0 bridgehead atoms. The second-order valence-electron chi connectivity index (χ2n) is 15.8. The Morgan fingerprint density at radius 2 is 0.488 bits per heavy atom. The average Bonchev–Trinajstić information content (AvgIpc) is 2.97. The topological polar surface area (TPSA) is 3.24 Å². The van der Waals surface area contributed by atoms with Gasteiger partial charge >= 0.3 is 0 Å². The molecule has 0 heterocycles. The van der Waals surface area contributed by atoms with E-state index in [4.69, 9.17) is 0 Å². The first-order valence-corrected chi connectivity index (χ1v) is 20.6. The average molecular weight is 606 g/mol. The van der Waals surface area contributed by atoms with Gasteiger partial charge in [0, 0.05) is 11.1 Å². The Hall–Kier alpha value is -0.0400. The van der Waals surface area contributed by atoms with E-state index in [-0.39, 0.29) is 0 Å². The van der Waals surface area contributed by atoms with Crippen molar-refractivity contribution in [3.05, 3.63) is 0 Å². The summed E-state index contributed by atoms with van der Waals surface area (Å²) < 4.78 is 0. The highest BCUT2D eigenvalue weighted by Gasteiger charge is 2.36. The summed E-state index contributed by atoms with van der Waals surface area (Å²) in [5, 5.41) is 0. The van der Waals surface area contributed by atoms with Crippen LogP contribution in [0.4, 0.5) is 0 Å². The summed E-state index contributed by atoms with van der Waals surface area (Å²) in [5.41, 5.74) is 0.619. The van der Waals surface area contributed by atoms with Crippen molar-refractivity contribution in [2.24, 2.45) is 0 Å². The highest BCUT2D eigenvalue weighted by Crippen LogP contribution is 2.34. The molecule has 0 aliphatic rings. The molecule has 0 aliphatic heterocycles. The van der Waals surface area contributed by atoms with Gasteiger partial charge in [-0.2, -0.15) is 0 Å². The minimum atomic E-state index is 0.310. The molecule has 0 saturated heterocycles. The summed E-state index contributed by atoms with van der Waals surface area (Å²) >= 11 is 0. The van der Waals surface area contributed by atoms with Crippen molar-refractivity contribution in [3.63, 3.8) is 0 Å². The molecule has 0 amide bonds. The minimum Gasteiger partial charge on any atom is -0.293 e. The first-order chi connectivity index (χ1) is 20.8. The molecule has 0 aromatic rings. The molecule has 0 aliphatic carbocycles. The zero-order chi connectivity index (χ0) is 31.9. The minimum absolute atomic E-state index is 0.310. The second kappa shape index (κ2) is 30.6. The highest BCUT2D eigenvalue weighted by atomic mass is 15.2. The largest absolute Gasteiger partial charge is 0.293 e. The number of rotatable bonds is 35. The van der Waals surface area contributed by atoms with Crippen LogP contribution in [-0.4, -0.2) is 22.5 Å². The molecule has 43 heavy (non-hydrogen) atoms. The maximum absolute atomic E-state index is 2.96. The second-order valence-corrected chi connectivity index (χ2v) is 15.8. The van der Waals surface area contributed by atoms with E-state index in [1.165, 1.54) is 212 Å². The molecule has 0 unspecified atom stereocenters. The fraction of sp³-hybridized carbons (Fsp3) is 1.00. The van der Waals surface area contributed by atoms with E-state index in [9.17, 15) is 0 Å². The molecule has 0 spiro atoms. The van der Waals surface area contributed by atoms with Gasteiger partial charge in [-0.05, 0) is 53.5 Å². The van der Waals surface area contributed by atoms with Crippen molar-refractivity contribution in [1.82, 2.24) is 4.90 Å². The summed E-state index contributed by atoms with van der Waals surface area (Å²) in [4.78, 5) is 2.96. The van der Waals surface area contributed by atoms with Crippen LogP contribution in [0.5, 0.6) is 0 Å². The third-order valence-corrected chi connectivity index (χ3v) is 10.5. The van der Waals surface area contributed by atoms with Gasteiger partial charge in [-0.3, -0.25) is 4.90 Å². The van der Waals surface area contributed by atoms with Gasteiger partial charge in [-0.15, -0.1) is 0 Å². The van der Waals surface area contributed by atoms with Gasteiger partial charge in [0.2, 0.25) is 0 Å². The zero-order valence-corrected chi connectivity index (χ0v) is 31.8. The smallest absolute Gasteiger partial charge is 0.0158 e. The highest BCUT2D eigenvalue weighted by molar-refractivity contribution is 4.92. The van der Waals surface area contributed by atoms with Gasteiger partial charge < -0.3 is 0 Å². The van der Waals surface area contributed by atoms with Gasteiger partial charge in [-0.1, -0.05) is 207 Å². The SMILES string of the molecule is CCCCCCCCCCCCCCCC(C)(C)N(CCCCCC)C(C)(C)CCCCCCCCCCCCCCC. The number of hydrogen-bond acceptors (Lipinski definition) is 1. The standard InChI is InChI=1S/C42H87N/c1-8-11-14-17-19-21-23-25-27-29-31-33-35-38-41(4,5)43(40-37-16-13-10-3)42(6,7)39-36-34-32-30-28-26-24-22-20-18-15-12-9-2/h8-40H2,1-7H3. The molecule has 0 rings (SSSR count). The van der Waals surface area contributed by atoms with Crippen LogP contribution >= 0.6 is 0 Å². The molecule has 0 fully saturated rings. The van der Waals surface area contributed by atoms with Crippen molar-refractivity contribution in [2.45, 2.75) is 265 Å². The predicted molar refractivity (Wildman–Crippen MR) is 200 cm³/mol. The third-order valence-electron chi connectivity index (χ3n) is 10.5. The molecule has 1 heteroatoms. The van der Waals surface area contributed by atoms with E-state index in [2.05, 4.69) is 53.4 Å². The number of unbranched alkanes of at least 4 members (excludes halogenated alkanes) is 27. The van der Waals surface area contributed by atoms with Crippen molar-refractivity contribution < 1.29 is 0 Å². The lowest BCUT2D eigenvalue weighted by Gasteiger charge is -2.49. The Kier molecular flexibility index (Phi) is 30.6. The fourth-order valence-corrected chi connectivity index (χ4v) is 7.54. The van der Waals surface area contributed by atoms with Gasteiger partial charge in [0.15, 0.2) is 0 Å². The maximum Gasteiger partial charge on any atom is 0.0158 e. The first kappa shape index (κ1) is 43.0. The van der Waals surface area contributed by atoms with Crippen molar-refractivity contribution in [3.8, 4) is 0 Å². The number of nitrogens with zero attached hydrogens (tertiary/aromatic N) is 1. The summed E-state index contributed by atoms with van der Waals surface area (Å²) in [6, 6.07) is 0. The lowest BCUT2D eigenvalue weighted by atomic mass is 9.85. The Labute approximate surface area is 275 Å². The Morgan fingerprint density at radius 1 is 0.279 bits per heavy atom. The van der Waals surface area contributed by atoms with Gasteiger partial charge in [0.1, 0.15) is 0 Å². The maximum atomic E-state index is 2.96. The van der Waals surface area contributed by atoms with Crippen molar-refractivity contribution in [2.75, 3.05) is 6.54 Å². The summed E-state index contributed by atoms with van der Waals surface area (Å²) in [7, 11) is 0. The van der Waals surface area contributed by atoms with Crippen LogP contribution < -0.4 is 0 Å². The lowest BCUT2D eigenvalue weighted by Crippen LogP contribution is -2.55. The van der Waals surface area contributed by atoms with Gasteiger partial charge in [0.25, 0.3) is 0 Å². The molecule has 0 aromatic carbocycles. The molecular formula is C42H87N. The first-order valence-electron chi connectivity index (χ1n) is 20.6. The van der Waals surface area contributed by atoms with Crippen molar-refractivity contribution in [1.29, 1.82) is 0 Å². The summed E-state index contributed by atoms with van der Waals surface area (Å²) in [6.07, 6.45) is 45.9. The normalized spacial score (nSPS) is 12.6. The summed E-state index contributed by atoms with van der Waals surface area (Å²) in [5.74, 6) is 0. The zero-order valence-electron chi connectivity index (χ0n) is 31.8. The molecule has 260 valence electrons. The van der Waals surface area contributed by atoms with Crippen LogP contribution in [-0.2, 0) is 0 Å². The van der Waals surface area contributed by atoms with Crippen LogP contribution in [0.3, 0.4) is 0 Å². The van der Waals surface area contributed by atoms with E-state index < -0.39 is 0 Å². The van der Waals surface area contributed by atoms with Gasteiger partial charge in [-0.25, -0.2) is 0 Å². The molecule has 0 radical (unpaired) electrons. The molecule has 0 aromatic heterocycles. The van der Waals surface area contributed by atoms with Gasteiger partial charge in [0.05, 0.1) is 0 Å². The Morgan fingerprint density at radius 3 is 0.744 bits per heavy atom.